The zero-order valence-corrected chi connectivity index (χ0v) is 21.3. The van der Waals surface area contributed by atoms with E-state index in [1.54, 1.807) is 4.90 Å². The van der Waals surface area contributed by atoms with Gasteiger partial charge in [-0.1, -0.05) is 49.7 Å². The van der Waals surface area contributed by atoms with E-state index in [-0.39, 0.29) is 52.7 Å². The number of rotatable bonds is 7. The maximum atomic E-state index is 14.4. The lowest BCUT2D eigenvalue weighted by atomic mass is 9.69. The second kappa shape index (κ2) is 10.1. The standard InChI is InChI=1S/C26H26ClFN6O3/c1-14(2)15-6-4-5-7-18(15)26(12-34(13-26)21-9-8-16(23(29)35)22(28)33-21)25(37)32-19-11-31-20(27)10-17(19)24(36)30-3/h4-11,14H,12-13H2,1-3H3,(H2,29,35)(H,30,36)(H,32,37). The van der Waals surface area contributed by atoms with Crippen molar-refractivity contribution in [1.82, 2.24) is 15.3 Å². The maximum Gasteiger partial charge on any atom is 0.253 e. The second-order valence-electron chi connectivity index (χ2n) is 9.14. The minimum Gasteiger partial charge on any atom is -0.365 e. The third-order valence-electron chi connectivity index (χ3n) is 6.47. The Morgan fingerprint density at radius 2 is 1.84 bits per heavy atom. The van der Waals surface area contributed by atoms with Crippen molar-refractivity contribution in [3.05, 3.63) is 82.0 Å². The van der Waals surface area contributed by atoms with Gasteiger partial charge < -0.3 is 21.3 Å². The zero-order chi connectivity index (χ0) is 26.9. The summed E-state index contributed by atoms with van der Waals surface area (Å²) in [6, 6.07) is 11.8. The summed E-state index contributed by atoms with van der Waals surface area (Å²) >= 11 is 5.99. The molecule has 0 unspecified atom stereocenters. The number of amides is 3. The third kappa shape index (κ3) is 4.84. The highest BCUT2D eigenvalue weighted by Gasteiger charge is 2.52. The van der Waals surface area contributed by atoms with Crippen molar-refractivity contribution >= 4 is 40.8 Å². The van der Waals surface area contributed by atoms with Crippen molar-refractivity contribution in [3.63, 3.8) is 0 Å². The van der Waals surface area contributed by atoms with Crippen molar-refractivity contribution in [2.75, 3.05) is 30.4 Å². The van der Waals surface area contributed by atoms with Crippen LogP contribution in [0, 0.1) is 5.95 Å². The van der Waals surface area contributed by atoms with Crippen LogP contribution in [0.5, 0.6) is 0 Å². The van der Waals surface area contributed by atoms with Crippen LogP contribution >= 0.6 is 11.6 Å². The Labute approximate surface area is 218 Å². The Bertz CT molecular complexity index is 1390. The number of carbonyl (C=O) groups excluding carboxylic acids is 3. The predicted molar refractivity (Wildman–Crippen MR) is 138 cm³/mol. The molecule has 0 saturated carbocycles. The van der Waals surface area contributed by atoms with Gasteiger partial charge in [-0.15, -0.1) is 0 Å². The molecule has 1 aromatic carbocycles. The van der Waals surface area contributed by atoms with E-state index < -0.39 is 23.2 Å². The molecule has 0 aliphatic carbocycles. The van der Waals surface area contributed by atoms with E-state index in [1.165, 1.54) is 31.4 Å². The van der Waals surface area contributed by atoms with Crippen molar-refractivity contribution in [1.29, 1.82) is 0 Å². The SMILES string of the molecule is CNC(=O)c1cc(Cl)ncc1NC(=O)C1(c2ccccc2C(C)C)CN(c2ccc(C(N)=O)c(F)n2)C1. The van der Waals surface area contributed by atoms with E-state index in [9.17, 15) is 18.8 Å². The van der Waals surface area contributed by atoms with Crippen LogP contribution in [0.4, 0.5) is 15.9 Å². The summed E-state index contributed by atoms with van der Waals surface area (Å²) in [7, 11) is 1.47. The first-order valence-corrected chi connectivity index (χ1v) is 11.9. The quantitative estimate of drug-likeness (QED) is 0.407. The number of nitrogens with zero attached hydrogens (tertiary/aromatic N) is 3. The molecule has 1 saturated heterocycles. The molecule has 3 amide bonds. The fourth-order valence-corrected chi connectivity index (χ4v) is 4.68. The first-order valence-electron chi connectivity index (χ1n) is 11.6. The minimum absolute atomic E-state index is 0.110. The number of nitrogens with one attached hydrogen (secondary N) is 2. The molecule has 1 aliphatic heterocycles. The van der Waals surface area contributed by atoms with E-state index in [0.717, 1.165) is 11.1 Å². The topological polar surface area (TPSA) is 130 Å². The number of carbonyl (C=O) groups is 3. The Morgan fingerprint density at radius 3 is 2.46 bits per heavy atom. The third-order valence-corrected chi connectivity index (χ3v) is 6.68. The number of nitrogens with two attached hydrogens (primary N) is 1. The Kier molecular flexibility index (Phi) is 7.13. The van der Waals surface area contributed by atoms with Gasteiger partial charge in [-0.2, -0.15) is 4.39 Å². The molecule has 4 N–H and O–H groups in total. The minimum atomic E-state index is -1.04. The summed E-state index contributed by atoms with van der Waals surface area (Å²) in [5, 5.41) is 5.50. The van der Waals surface area contributed by atoms with Crippen LogP contribution in [0.1, 0.15) is 51.6 Å². The van der Waals surface area contributed by atoms with E-state index in [4.69, 9.17) is 17.3 Å². The van der Waals surface area contributed by atoms with E-state index in [1.807, 2.05) is 38.1 Å². The van der Waals surface area contributed by atoms with E-state index in [2.05, 4.69) is 20.6 Å². The fraction of sp³-hybridized carbons (Fsp3) is 0.269. The highest BCUT2D eigenvalue weighted by Crippen LogP contribution is 2.41. The Hall–Kier alpha value is -4.05. The average Bonchev–Trinajstić information content (AvgIpc) is 2.84. The normalized spacial score (nSPS) is 14.2. The molecule has 1 fully saturated rings. The first-order chi connectivity index (χ1) is 17.6. The zero-order valence-electron chi connectivity index (χ0n) is 20.5. The van der Waals surface area contributed by atoms with Crippen LogP contribution in [0.3, 0.4) is 0 Å². The van der Waals surface area contributed by atoms with Gasteiger partial charge in [0.05, 0.1) is 23.0 Å². The number of pyridine rings is 2. The van der Waals surface area contributed by atoms with Gasteiger partial charge in [-0.05, 0) is 35.2 Å². The van der Waals surface area contributed by atoms with Gasteiger partial charge >= 0.3 is 0 Å². The number of primary amides is 1. The summed E-state index contributed by atoms with van der Waals surface area (Å²) in [6.07, 6.45) is 1.34. The lowest BCUT2D eigenvalue weighted by Gasteiger charge is -2.50. The molecule has 4 rings (SSSR count). The van der Waals surface area contributed by atoms with Gasteiger partial charge in [-0.25, -0.2) is 9.97 Å². The lowest BCUT2D eigenvalue weighted by Crippen LogP contribution is -2.66. The summed E-state index contributed by atoms with van der Waals surface area (Å²) in [5.41, 5.74) is 6.03. The fourth-order valence-electron chi connectivity index (χ4n) is 4.52. The van der Waals surface area contributed by atoms with Crippen molar-refractivity contribution in [2.45, 2.75) is 25.2 Å². The van der Waals surface area contributed by atoms with Gasteiger partial charge in [0.1, 0.15) is 16.4 Å². The molecule has 192 valence electrons. The van der Waals surface area contributed by atoms with Crippen molar-refractivity contribution in [3.8, 4) is 0 Å². The van der Waals surface area contributed by atoms with E-state index >= 15 is 0 Å². The van der Waals surface area contributed by atoms with Crippen LogP contribution in [0.2, 0.25) is 5.15 Å². The smallest absolute Gasteiger partial charge is 0.253 e. The number of aromatic nitrogens is 2. The van der Waals surface area contributed by atoms with Gasteiger partial charge in [0, 0.05) is 20.1 Å². The summed E-state index contributed by atoms with van der Waals surface area (Å²) in [4.78, 5) is 47.4. The van der Waals surface area contributed by atoms with Gasteiger partial charge in [0.15, 0.2) is 0 Å². The molecule has 0 spiro atoms. The molecule has 0 bridgehead atoms. The molecule has 3 heterocycles. The van der Waals surface area contributed by atoms with Crippen LogP contribution < -0.4 is 21.3 Å². The molecule has 37 heavy (non-hydrogen) atoms. The molecule has 11 heteroatoms. The van der Waals surface area contributed by atoms with Crippen molar-refractivity contribution in [2.24, 2.45) is 5.73 Å². The van der Waals surface area contributed by atoms with Crippen LogP contribution in [-0.4, -0.2) is 47.8 Å². The summed E-state index contributed by atoms with van der Waals surface area (Å²) < 4.78 is 14.4. The van der Waals surface area contributed by atoms with Crippen LogP contribution in [0.15, 0.2) is 48.7 Å². The lowest BCUT2D eigenvalue weighted by molar-refractivity contribution is -0.122. The van der Waals surface area contributed by atoms with Crippen LogP contribution in [0.25, 0.3) is 0 Å². The number of halogens is 2. The monoisotopic (exact) mass is 524 g/mol. The first kappa shape index (κ1) is 26.0. The Balaban J connectivity index is 1.73. The molecule has 9 nitrogen and oxygen atoms in total. The van der Waals surface area contributed by atoms with Crippen molar-refractivity contribution < 1.29 is 18.8 Å². The highest BCUT2D eigenvalue weighted by atomic mass is 35.5. The number of hydrogen-bond acceptors (Lipinski definition) is 6. The van der Waals surface area contributed by atoms with Crippen LogP contribution in [-0.2, 0) is 10.2 Å². The Morgan fingerprint density at radius 1 is 1.14 bits per heavy atom. The molecule has 0 atom stereocenters. The van der Waals surface area contributed by atoms with E-state index in [0.29, 0.717) is 0 Å². The molecule has 1 aliphatic rings. The highest BCUT2D eigenvalue weighted by molar-refractivity contribution is 6.30. The molecular formula is C26H26ClFN6O3. The summed E-state index contributed by atoms with van der Waals surface area (Å²) in [6.45, 7) is 4.43. The largest absolute Gasteiger partial charge is 0.365 e. The van der Waals surface area contributed by atoms with Gasteiger partial charge in [-0.3, -0.25) is 14.4 Å². The molecule has 0 radical (unpaired) electrons. The number of anilines is 2. The van der Waals surface area contributed by atoms with Gasteiger partial charge in [0.2, 0.25) is 11.9 Å². The number of hydrogen-bond donors (Lipinski definition) is 3. The van der Waals surface area contributed by atoms with Gasteiger partial charge in [0.25, 0.3) is 11.8 Å². The predicted octanol–water partition coefficient (Wildman–Crippen LogP) is 3.25. The average molecular weight is 525 g/mol. The second-order valence-corrected chi connectivity index (χ2v) is 9.53. The maximum absolute atomic E-state index is 14.4. The molecular weight excluding hydrogens is 499 g/mol. The molecule has 3 aromatic rings. The number of benzene rings is 1. The molecule has 2 aromatic heterocycles. The summed E-state index contributed by atoms with van der Waals surface area (Å²) in [5.74, 6) is -2.28.